The van der Waals surface area contributed by atoms with E-state index < -0.39 is 0 Å². The number of hydrogen-bond donors (Lipinski definition) is 0. The molecule has 2 fully saturated rings. The van der Waals surface area contributed by atoms with Crippen LogP contribution in [-0.2, 0) is 9.59 Å². The first-order valence-electron chi connectivity index (χ1n) is 7.22. The Morgan fingerprint density at radius 1 is 0.765 bits per heavy atom. The molecule has 17 heavy (non-hydrogen) atoms. The topological polar surface area (TPSA) is 34.1 Å². The fourth-order valence-corrected chi connectivity index (χ4v) is 3.81. The molecule has 2 rings (SSSR count). The largest absolute Gasteiger partial charge is 0.303 e. The third-order valence-corrected chi connectivity index (χ3v) is 4.70. The van der Waals surface area contributed by atoms with Gasteiger partial charge in [0.2, 0.25) is 0 Å². The van der Waals surface area contributed by atoms with E-state index in [-0.39, 0.29) is 0 Å². The first kappa shape index (κ1) is 12.8. The van der Waals surface area contributed by atoms with Crippen molar-refractivity contribution in [3.8, 4) is 0 Å². The lowest BCUT2D eigenvalue weighted by Crippen LogP contribution is -2.23. The minimum absolute atomic E-state index is 0.319. The maximum Gasteiger partial charge on any atom is 0.123 e. The lowest BCUT2D eigenvalue weighted by molar-refractivity contribution is -0.112. The fourth-order valence-electron chi connectivity index (χ4n) is 3.81. The van der Waals surface area contributed by atoms with Crippen LogP contribution >= 0.6 is 0 Å². The van der Waals surface area contributed by atoms with E-state index >= 15 is 0 Å². The molecule has 2 aliphatic carbocycles. The summed E-state index contributed by atoms with van der Waals surface area (Å²) in [5, 5.41) is 0. The van der Waals surface area contributed by atoms with Gasteiger partial charge in [0.15, 0.2) is 0 Å². The molecule has 0 aromatic carbocycles. The van der Waals surface area contributed by atoms with Gasteiger partial charge in [-0.1, -0.05) is 25.7 Å². The van der Waals surface area contributed by atoms with Crippen LogP contribution in [0.2, 0.25) is 0 Å². The Morgan fingerprint density at radius 3 is 1.65 bits per heavy atom. The summed E-state index contributed by atoms with van der Waals surface area (Å²) < 4.78 is 0. The van der Waals surface area contributed by atoms with Crippen LogP contribution < -0.4 is 0 Å². The van der Waals surface area contributed by atoms with Crippen LogP contribution in [0, 0.1) is 23.7 Å². The van der Waals surface area contributed by atoms with Crippen LogP contribution in [0.4, 0.5) is 0 Å². The summed E-state index contributed by atoms with van der Waals surface area (Å²) in [7, 11) is 0. The monoisotopic (exact) mass is 236 g/mol. The van der Waals surface area contributed by atoms with Crippen LogP contribution in [-0.4, -0.2) is 12.6 Å². The van der Waals surface area contributed by atoms with E-state index in [2.05, 4.69) is 0 Å². The van der Waals surface area contributed by atoms with Gasteiger partial charge >= 0.3 is 0 Å². The van der Waals surface area contributed by atoms with Crippen molar-refractivity contribution in [2.75, 3.05) is 0 Å². The van der Waals surface area contributed by atoms with E-state index in [1.165, 1.54) is 32.1 Å². The van der Waals surface area contributed by atoms with Crippen LogP contribution in [0.15, 0.2) is 0 Å². The standard InChI is InChI=1S/C15H24O2/c16-10-14-5-1-3-12(8-14)7-13-4-2-6-15(9-13)11-17/h10-15H,1-9H2. The molecule has 0 spiro atoms. The highest BCUT2D eigenvalue weighted by atomic mass is 16.1. The van der Waals surface area contributed by atoms with Crippen molar-refractivity contribution in [2.24, 2.45) is 23.7 Å². The Hall–Kier alpha value is -0.660. The average molecular weight is 236 g/mol. The van der Waals surface area contributed by atoms with Gasteiger partial charge in [0, 0.05) is 11.8 Å². The van der Waals surface area contributed by atoms with Crippen LogP contribution in [0.5, 0.6) is 0 Å². The molecule has 0 N–H and O–H groups in total. The minimum atomic E-state index is 0.319. The smallest absolute Gasteiger partial charge is 0.123 e. The Morgan fingerprint density at radius 2 is 1.24 bits per heavy atom. The highest BCUT2D eigenvalue weighted by Gasteiger charge is 2.27. The minimum Gasteiger partial charge on any atom is -0.303 e. The highest BCUT2D eigenvalue weighted by molar-refractivity contribution is 5.54. The van der Waals surface area contributed by atoms with Gasteiger partial charge < -0.3 is 9.59 Å². The third kappa shape index (κ3) is 3.65. The quantitative estimate of drug-likeness (QED) is 0.701. The zero-order valence-corrected chi connectivity index (χ0v) is 10.6. The van der Waals surface area contributed by atoms with Gasteiger partial charge in [-0.05, 0) is 43.9 Å². The van der Waals surface area contributed by atoms with E-state index in [0.29, 0.717) is 11.8 Å². The van der Waals surface area contributed by atoms with Crippen molar-refractivity contribution < 1.29 is 9.59 Å². The zero-order valence-electron chi connectivity index (χ0n) is 10.6. The van der Waals surface area contributed by atoms with Crippen molar-refractivity contribution >= 4 is 12.6 Å². The number of hydrogen-bond acceptors (Lipinski definition) is 2. The number of aldehydes is 2. The Kier molecular flexibility index (Phi) is 4.75. The molecule has 4 atom stereocenters. The molecule has 0 aromatic rings. The average Bonchev–Trinajstić information content (AvgIpc) is 2.39. The van der Waals surface area contributed by atoms with Crippen molar-refractivity contribution in [2.45, 2.75) is 57.8 Å². The van der Waals surface area contributed by atoms with Gasteiger partial charge in [0.1, 0.15) is 12.6 Å². The maximum atomic E-state index is 10.8. The Balaban J connectivity index is 1.79. The summed E-state index contributed by atoms with van der Waals surface area (Å²) in [5.74, 6) is 2.13. The van der Waals surface area contributed by atoms with E-state index in [4.69, 9.17) is 0 Å². The molecule has 2 heteroatoms. The van der Waals surface area contributed by atoms with Gasteiger partial charge in [0.05, 0.1) is 0 Å². The van der Waals surface area contributed by atoms with Crippen molar-refractivity contribution in [3.63, 3.8) is 0 Å². The third-order valence-electron chi connectivity index (χ3n) is 4.70. The van der Waals surface area contributed by atoms with E-state index in [9.17, 15) is 9.59 Å². The van der Waals surface area contributed by atoms with Crippen molar-refractivity contribution in [3.05, 3.63) is 0 Å². The Labute approximate surface area is 104 Å². The number of rotatable bonds is 4. The predicted octanol–water partition coefficient (Wildman–Crippen LogP) is 3.39. The lowest BCUT2D eigenvalue weighted by atomic mass is 9.73. The molecule has 2 aliphatic rings. The summed E-state index contributed by atoms with van der Waals surface area (Å²) in [6.07, 6.45) is 13.0. The van der Waals surface area contributed by atoms with Gasteiger partial charge in [-0.3, -0.25) is 0 Å². The summed E-state index contributed by atoms with van der Waals surface area (Å²) in [6, 6.07) is 0. The van der Waals surface area contributed by atoms with Crippen LogP contribution in [0.1, 0.15) is 57.8 Å². The molecule has 2 saturated carbocycles. The van der Waals surface area contributed by atoms with Gasteiger partial charge in [-0.15, -0.1) is 0 Å². The lowest BCUT2D eigenvalue weighted by Gasteiger charge is -2.32. The summed E-state index contributed by atoms with van der Waals surface area (Å²) in [6.45, 7) is 0. The SMILES string of the molecule is O=CC1CCCC(CC2CCCC(C=O)C2)C1. The molecule has 2 nitrogen and oxygen atoms in total. The van der Waals surface area contributed by atoms with Crippen LogP contribution in [0.3, 0.4) is 0 Å². The van der Waals surface area contributed by atoms with Crippen molar-refractivity contribution in [1.82, 2.24) is 0 Å². The van der Waals surface area contributed by atoms with Crippen LogP contribution in [0.25, 0.3) is 0 Å². The summed E-state index contributed by atoms with van der Waals surface area (Å²) in [4.78, 5) is 21.7. The second kappa shape index (κ2) is 6.32. The molecule has 96 valence electrons. The Bertz CT molecular complexity index is 236. The molecule has 0 heterocycles. The maximum absolute atomic E-state index is 10.8. The van der Waals surface area contributed by atoms with Gasteiger partial charge in [0.25, 0.3) is 0 Å². The molecular formula is C15H24O2. The number of carbonyl (C=O) groups is 2. The highest BCUT2D eigenvalue weighted by Crippen LogP contribution is 2.37. The molecule has 0 amide bonds. The molecule has 0 radical (unpaired) electrons. The second-order valence-electron chi connectivity index (χ2n) is 6.09. The normalized spacial score (nSPS) is 38.6. The molecule has 4 unspecified atom stereocenters. The van der Waals surface area contributed by atoms with Gasteiger partial charge in [-0.25, -0.2) is 0 Å². The van der Waals surface area contributed by atoms with E-state index in [1.54, 1.807) is 0 Å². The molecular weight excluding hydrogens is 212 g/mol. The van der Waals surface area contributed by atoms with E-state index in [1.807, 2.05) is 0 Å². The van der Waals surface area contributed by atoms with E-state index in [0.717, 1.165) is 50.1 Å². The predicted molar refractivity (Wildman–Crippen MR) is 67.6 cm³/mol. The zero-order chi connectivity index (χ0) is 12.1. The van der Waals surface area contributed by atoms with Crippen molar-refractivity contribution in [1.29, 1.82) is 0 Å². The molecule has 0 aliphatic heterocycles. The first-order chi connectivity index (χ1) is 8.31. The van der Waals surface area contributed by atoms with Gasteiger partial charge in [-0.2, -0.15) is 0 Å². The summed E-state index contributed by atoms with van der Waals surface area (Å²) in [5.41, 5.74) is 0. The first-order valence-corrected chi connectivity index (χ1v) is 7.22. The fraction of sp³-hybridized carbons (Fsp3) is 0.867. The molecule has 0 saturated heterocycles. The summed E-state index contributed by atoms with van der Waals surface area (Å²) >= 11 is 0. The second-order valence-corrected chi connectivity index (χ2v) is 6.09. The molecule has 0 aromatic heterocycles. The number of carbonyl (C=O) groups excluding carboxylic acids is 2. The molecule has 0 bridgehead atoms.